The number of unbranched alkanes of at least 4 members (excludes halogenated alkanes) is 1. The van der Waals surface area contributed by atoms with Crippen molar-refractivity contribution in [1.82, 2.24) is 10.6 Å². The topological polar surface area (TPSA) is 41.1 Å². The second-order valence-electron chi connectivity index (χ2n) is 3.15. The number of likely N-dealkylation sites (N-methyl/N-ethyl adjacent to an activating group) is 1. The van der Waals surface area contributed by atoms with Crippen molar-refractivity contribution in [2.45, 2.75) is 26.2 Å². The summed E-state index contributed by atoms with van der Waals surface area (Å²) in [6.07, 6.45) is 4.92. The van der Waals surface area contributed by atoms with Crippen molar-refractivity contribution >= 4 is 17.7 Å². The van der Waals surface area contributed by atoms with Gasteiger partial charge in [-0.15, -0.1) is 0 Å². The minimum absolute atomic E-state index is 0.184. The van der Waals surface area contributed by atoms with Crippen LogP contribution in [0.3, 0.4) is 0 Å². The molecule has 0 bridgehead atoms. The summed E-state index contributed by atoms with van der Waals surface area (Å²) < 4.78 is 0. The Kier molecular flexibility index (Phi) is 10.7. The van der Waals surface area contributed by atoms with Crippen LogP contribution in [-0.4, -0.2) is 37.6 Å². The van der Waals surface area contributed by atoms with E-state index in [1.807, 2.05) is 11.8 Å². The first-order valence-electron chi connectivity index (χ1n) is 5.27. The highest BCUT2D eigenvalue weighted by atomic mass is 32.2. The van der Waals surface area contributed by atoms with E-state index in [1.165, 1.54) is 0 Å². The maximum atomic E-state index is 11.2. The summed E-state index contributed by atoms with van der Waals surface area (Å²) in [6, 6.07) is 0. The molecule has 0 unspecified atom stereocenters. The van der Waals surface area contributed by atoms with E-state index < -0.39 is 0 Å². The van der Waals surface area contributed by atoms with Crippen molar-refractivity contribution in [2.75, 3.05) is 31.6 Å². The molecule has 3 nitrogen and oxygen atoms in total. The van der Waals surface area contributed by atoms with Crippen LogP contribution in [-0.2, 0) is 4.79 Å². The molecule has 0 aliphatic rings. The van der Waals surface area contributed by atoms with Crippen LogP contribution in [0.25, 0.3) is 0 Å². The molecule has 0 rings (SSSR count). The zero-order chi connectivity index (χ0) is 10.6. The molecule has 0 aromatic rings. The van der Waals surface area contributed by atoms with Gasteiger partial charge in [0.25, 0.3) is 0 Å². The van der Waals surface area contributed by atoms with E-state index in [2.05, 4.69) is 23.8 Å². The Morgan fingerprint density at radius 2 is 2.07 bits per heavy atom. The monoisotopic (exact) mass is 218 g/mol. The van der Waals surface area contributed by atoms with Gasteiger partial charge in [0.05, 0.1) is 0 Å². The molecule has 0 aromatic heterocycles. The molecule has 14 heavy (non-hydrogen) atoms. The third kappa shape index (κ3) is 9.86. The minimum Gasteiger partial charge on any atom is -0.355 e. The normalized spacial score (nSPS) is 10.1. The van der Waals surface area contributed by atoms with Crippen molar-refractivity contribution in [3.8, 4) is 0 Å². The lowest BCUT2D eigenvalue weighted by Gasteiger charge is -2.04. The van der Waals surface area contributed by atoms with Crippen LogP contribution in [0.15, 0.2) is 0 Å². The first kappa shape index (κ1) is 13.8. The smallest absolute Gasteiger partial charge is 0.220 e. The summed E-state index contributed by atoms with van der Waals surface area (Å²) in [7, 11) is 0. The van der Waals surface area contributed by atoms with Gasteiger partial charge in [-0.1, -0.05) is 6.92 Å². The van der Waals surface area contributed by atoms with Gasteiger partial charge in [0.15, 0.2) is 0 Å². The fourth-order valence-corrected chi connectivity index (χ4v) is 1.58. The van der Waals surface area contributed by atoms with Gasteiger partial charge in [0, 0.05) is 19.5 Å². The van der Waals surface area contributed by atoms with E-state index in [0.717, 1.165) is 38.2 Å². The standard InChI is InChI=1S/C10H22N2OS/c1-3-11-7-8-12-10(13)6-4-5-9-14-2/h11H,3-9H2,1-2H3,(H,12,13). The number of hydrogen-bond donors (Lipinski definition) is 2. The second-order valence-corrected chi connectivity index (χ2v) is 4.14. The average molecular weight is 218 g/mol. The fraction of sp³-hybridized carbons (Fsp3) is 0.900. The van der Waals surface area contributed by atoms with Crippen LogP contribution in [0.4, 0.5) is 0 Å². The number of hydrogen-bond acceptors (Lipinski definition) is 3. The average Bonchev–Trinajstić information content (AvgIpc) is 2.19. The molecule has 0 atom stereocenters. The van der Waals surface area contributed by atoms with E-state index in [0.29, 0.717) is 6.42 Å². The Morgan fingerprint density at radius 3 is 2.71 bits per heavy atom. The highest BCUT2D eigenvalue weighted by Crippen LogP contribution is 2.01. The van der Waals surface area contributed by atoms with E-state index >= 15 is 0 Å². The number of nitrogens with one attached hydrogen (secondary N) is 2. The van der Waals surface area contributed by atoms with E-state index in [4.69, 9.17) is 0 Å². The molecule has 0 fully saturated rings. The van der Waals surface area contributed by atoms with Crippen LogP contribution in [0.5, 0.6) is 0 Å². The van der Waals surface area contributed by atoms with Crippen LogP contribution in [0.1, 0.15) is 26.2 Å². The molecule has 0 aliphatic heterocycles. The van der Waals surface area contributed by atoms with Gasteiger partial charge < -0.3 is 10.6 Å². The lowest BCUT2D eigenvalue weighted by Crippen LogP contribution is -2.31. The van der Waals surface area contributed by atoms with Gasteiger partial charge >= 0.3 is 0 Å². The van der Waals surface area contributed by atoms with Gasteiger partial charge in [-0.25, -0.2) is 0 Å². The molecule has 0 heterocycles. The van der Waals surface area contributed by atoms with Crippen molar-refractivity contribution in [2.24, 2.45) is 0 Å². The molecule has 1 amide bonds. The number of carbonyl (C=O) groups is 1. The van der Waals surface area contributed by atoms with Crippen LogP contribution in [0.2, 0.25) is 0 Å². The molecule has 0 aliphatic carbocycles. The Balaban J connectivity index is 3.11. The summed E-state index contributed by atoms with van der Waals surface area (Å²) in [5.74, 6) is 1.34. The highest BCUT2D eigenvalue weighted by Gasteiger charge is 1.98. The van der Waals surface area contributed by atoms with Crippen LogP contribution < -0.4 is 10.6 Å². The lowest BCUT2D eigenvalue weighted by atomic mass is 10.2. The number of thioether (sulfide) groups is 1. The van der Waals surface area contributed by atoms with Crippen LogP contribution in [0, 0.1) is 0 Å². The largest absolute Gasteiger partial charge is 0.355 e. The predicted molar refractivity (Wildman–Crippen MR) is 63.8 cm³/mol. The Hall–Kier alpha value is -0.220. The predicted octanol–water partition coefficient (Wildman–Crippen LogP) is 1.25. The Bertz CT molecular complexity index is 128. The van der Waals surface area contributed by atoms with E-state index in [1.54, 1.807) is 0 Å². The molecule has 0 saturated carbocycles. The van der Waals surface area contributed by atoms with Gasteiger partial charge in [-0.2, -0.15) is 11.8 Å². The third-order valence-corrected chi connectivity index (χ3v) is 2.57. The zero-order valence-corrected chi connectivity index (χ0v) is 10.1. The summed E-state index contributed by atoms with van der Waals surface area (Å²) in [5, 5.41) is 6.05. The summed E-state index contributed by atoms with van der Waals surface area (Å²) in [5.41, 5.74) is 0. The molecule has 4 heteroatoms. The maximum absolute atomic E-state index is 11.2. The van der Waals surface area contributed by atoms with E-state index in [9.17, 15) is 4.79 Å². The molecule has 0 aromatic carbocycles. The molecular formula is C10H22N2OS. The number of rotatable bonds is 9. The van der Waals surface area contributed by atoms with Crippen molar-refractivity contribution in [3.05, 3.63) is 0 Å². The Morgan fingerprint density at radius 1 is 1.29 bits per heavy atom. The Labute approximate surface area is 91.4 Å². The molecule has 2 N–H and O–H groups in total. The van der Waals surface area contributed by atoms with Gasteiger partial charge in [-0.3, -0.25) is 4.79 Å². The first-order chi connectivity index (χ1) is 6.81. The van der Waals surface area contributed by atoms with Crippen molar-refractivity contribution in [1.29, 1.82) is 0 Å². The first-order valence-corrected chi connectivity index (χ1v) is 6.67. The summed E-state index contributed by atoms with van der Waals surface area (Å²) >= 11 is 1.84. The zero-order valence-electron chi connectivity index (χ0n) is 9.27. The molecule has 84 valence electrons. The molecule has 0 saturated heterocycles. The van der Waals surface area contributed by atoms with Crippen molar-refractivity contribution in [3.63, 3.8) is 0 Å². The maximum Gasteiger partial charge on any atom is 0.220 e. The van der Waals surface area contributed by atoms with Crippen LogP contribution >= 0.6 is 11.8 Å². The van der Waals surface area contributed by atoms with Crippen molar-refractivity contribution < 1.29 is 4.79 Å². The number of amides is 1. The van der Waals surface area contributed by atoms with E-state index in [-0.39, 0.29) is 5.91 Å². The van der Waals surface area contributed by atoms with Gasteiger partial charge in [0.2, 0.25) is 5.91 Å². The summed E-state index contributed by atoms with van der Waals surface area (Å²) in [6.45, 7) is 4.64. The molecular weight excluding hydrogens is 196 g/mol. The third-order valence-electron chi connectivity index (χ3n) is 1.88. The highest BCUT2D eigenvalue weighted by molar-refractivity contribution is 7.98. The second kappa shape index (κ2) is 10.9. The summed E-state index contributed by atoms with van der Waals surface area (Å²) in [4.78, 5) is 11.2. The molecule has 0 radical (unpaired) electrons. The quantitative estimate of drug-likeness (QED) is 0.572. The lowest BCUT2D eigenvalue weighted by molar-refractivity contribution is -0.121. The van der Waals surface area contributed by atoms with Gasteiger partial charge in [0.1, 0.15) is 0 Å². The SMILES string of the molecule is CCNCCNC(=O)CCCCSC. The molecule has 0 spiro atoms. The minimum atomic E-state index is 0.184. The van der Waals surface area contributed by atoms with Gasteiger partial charge in [-0.05, 0) is 31.4 Å². The number of carbonyl (C=O) groups excluding carboxylic acids is 1. The fourth-order valence-electron chi connectivity index (χ4n) is 1.09.